The summed E-state index contributed by atoms with van der Waals surface area (Å²) in [5.74, 6) is 0.444. The van der Waals surface area contributed by atoms with Crippen molar-refractivity contribution in [3.05, 3.63) is 23.3 Å². The minimum atomic E-state index is -4.46. The van der Waals surface area contributed by atoms with Crippen LogP contribution < -0.4 is 9.47 Å². The average molecular weight is 274 g/mol. The molecule has 1 saturated carbocycles. The zero-order valence-electron chi connectivity index (χ0n) is 10.1. The van der Waals surface area contributed by atoms with Crippen molar-refractivity contribution in [2.75, 3.05) is 13.2 Å². The van der Waals surface area contributed by atoms with E-state index in [1.54, 1.807) is 0 Å². The van der Waals surface area contributed by atoms with Crippen LogP contribution in [-0.4, -0.2) is 23.9 Å². The highest BCUT2D eigenvalue weighted by molar-refractivity contribution is 5.53. The molecule has 1 aromatic rings. The molecule has 0 aromatic heterocycles. The fraction of sp³-hybridized carbons (Fsp3) is 0.538. The molecule has 3 rings (SSSR count). The van der Waals surface area contributed by atoms with Crippen molar-refractivity contribution >= 4 is 0 Å². The van der Waals surface area contributed by atoms with Gasteiger partial charge in [-0.3, -0.25) is 0 Å². The van der Waals surface area contributed by atoms with Crippen LogP contribution in [0, 0.1) is 0 Å². The number of aliphatic hydroxyl groups is 1. The number of ether oxygens (including phenoxy) is 2. The van der Waals surface area contributed by atoms with E-state index in [0.29, 0.717) is 25.2 Å². The fourth-order valence-corrected chi connectivity index (χ4v) is 2.26. The van der Waals surface area contributed by atoms with Gasteiger partial charge in [-0.05, 0) is 25.0 Å². The predicted octanol–water partition coefficient (Wildman–Crippen LogP) is 2.54. The number of benzene rings is 1. The van der Waals surface area contributed by atoms with E-state index in [9.17, 15) is 18.3 Å². The second kappa shape index (κ2) is 4.03. The number of fused-ring (bicyclic) bond motifs is 1. The van der Waals surface area contributed by atoms with E-state index >= 15 is 0 Å². The second-order valence-electron chi connectivity index (χ2n) is 5.01. The fourth-order valence-electron chi connectivity index (χ4n) is 2.26. The Morgan fingerprint density at radius 2 is 1.84 bits per heavy atom. The summed E-state index contributed by atoms with van der Waals surface area (Å²) in [4.78, 5) is 0. The Kier molecular flexibility index (Phi) is 2.67. The molecule has 2 aliphatic rings. The van der Waals surface area contributed by atoms with E-state index in [1.807, 2.05) is 0 Å². The Hall–Kier alpha value is -1.43. The third-order valence-electron chi connectivity index (χ3n) is 3.45. The van der Waals surface area contributed by atoms with Gasteiger partial charge in [-0.2, -0.15) is 13.2 Å². The third-order valence-corrected chi connectivity index (χ3v) is 3.45. The number of halogens is 3. The molecular formula is C13H13F3O3. The lowest BCUT2D eigenvalue weighted by molar-refractivity contribution is -0.138. The molecule has 0 bridgehead atoms. The number of hydrogen-bond donors (Lipinski definition) is 1. The van der Waals surface area contributed by atoms with E-state index in [1.165, 1.54) is 6.07 Å². The van der Waals surface area contributed by atoms with E-state index in [0.717, 1.165) is 6.07 Å². The van der Waals surface area contributed by atoms with Crippen molar-refractivity contribution in [3.8, 4) is 11.5 Å². The van der Waals surface area contributed by atoms with E-state index in [4.69, 9.17) is 9.47 Å². The van der Waals surface area contributed by atoms with Gasteiger partial charge >= 0.3 is 6.18 Å². The predicted molar refractivity (Wildman–Crippen MR) is 60.3 cm³/mol. The minimum absolute atomic E-state index is 0.00435. The van der Waals surface area contributed by atoms with Gasteiger partial charge in [0.1, 0.15) is 13.2 Å². The van der Waals surface area contributed by atoms with Gasteiger partial charge in [0.25, 0.3) is 0 Å². The van der Waals surface area contributed by atoms with Crippen molar-refractivity contribution in [2.24, 2.45) is 0 Å². The minimum Gasteiger partial charge on any atom is -0.486 e. The van der Waals surface area contributed by atoms with Crippen molar-refractivity contribution in [2.45, 2.75) is 31.0 Å². The molecule has 0 unspecified atom stereocenters. The summed E-state index contributed by atoms with van der Waals surface area (Å²) in [6, 6.07) is 2.27. The molecule has 104 valence electrons. The van der Waals surface area contributed by atoms with E-state index < -0.39 is 17.3 Å². The summed E-state index contributed by atoms with van der Waals surface area (Å²) >= 11 is 0. The van der Waals surface area contributed by atoms with Crippen LogP contribution in [0.2, 0.25) is 0 Å². The first-order valence-corrected chi connectivity index (χ1v) is 6.10. The smallest absolute Gasteiger partial charge is 0.416 e. The summed E-state index contributed by atoms with van der Waals surface area (Å²) in [6.07, 6.45) is -3.46. The lowest BCUT2D eigenvalue weighted by atomic mass is 9.98. The quantitative estimate of drug-likeness (QED) is 0.900. The first kappa shape index (κ1) is 12.6. The van der Waals surface area contributed by atoms with Gasteiger partial charge in [0, 0.05) is 12.0 Å². The highest BCUT2D eigenvalue weighted by atomic mass is 19.4. The summed E-state index contributed by atoms with van der Waals surface area (Å²) < 4.78 is 49.7. The van der Waals surface area contributed by atoms with Crippen LogP contribution in [0.25, 0.3) is 0 Å². The van der Waals surface area contributed by atoms with Crippen molar-refractivity contribution in [3.63, 3.8) is 0 Å². The number of rotatable bonds is 2. The maximum Gasteiger partial charge on any atom is 0.416 e. The Bertz CT molecular complexity index is 507. The van der Waals surface area contributed by atoms with Crippen LogP contribution in [0.1, 0.15) is 24.0 Å². The van der Waals surface area contributed by atoms with Crippen molar-refractivity contribution < 1.29 is 27.8 Å². The molecule has 1 N–H and O–H groups in total. The maximum atomic E-state index is 13.0. The molecule has 1 aliphatic carbocycles. The molecule has 0 atom stereocenters. The lowest BCUT2D eigenvalue weighted by Crippen LogP contribution is -2.22. The average Bonchev–Trinajstić information content (AvgIpc) is 3.06. The van der Waals surface area contributed by atoms with Crippen molar-refractivity contribution in [1.29, 1.82) is 0 Å². The topological polar surface area (TPSA) is 38.7 Å². The monoisotopic (exact) mass is 274 g/mol. The van der Waals surface area contributed by atoms with Gasteiger partial charge in [-0.1, -0.05) is 0 Å². The molecule has 19 heavy (non-hydrogen) atoms. The lowest BCUT2D eigenvalue weighted by Gasteiger charge is -2.25. The highest BCUT2D eigenvalue weighted by Crippen LogP contribution is 2.47. The summed E-state index contributed by atoms with van der Waals surface area (Å²) in [7, 11) is 0. The molecule has 1 heterocycles. The van der Waals surface area contributed by atoms with Crippen LogP contribution in [0.5, 0.6) is 11.5 Å². The first-order valence-electron chi connectivity index (χ1n) is 6.10. The largest absolute Gasteiger partial charge is 0.486 e. The van der Waals surface area contributed by atoms with Crippen LogP contribution in [0.4, 0.5) is 13.2 Å². The highest BCUT2D eigenvalue weighted by Gasteiger charge is 2.45. The van der Waals surface area contributed by atoms with Crippen LogP contribution in [0.3, 0.4) is 0 Å². The van der Waals surface area contributed by atoms with Gasteiger partial charge in [0.05, 0.1) is 11.2 Å². The van der Waals surface area contributed by atoms with E-state index in [2.05, 4.69) is 0 Å². The van der Waals surface area contributed by atoms with Gasteiger partial charge in [-0.25, -0.2) is 0 Å². The second-order valence-corrected chi connectivity index (χ2v) is 5.01. The van der Waals surface area contributed by atoms with Gasteiger partial charge in [-0.15, -0.1) is 0 Å². The zero-order valence-corrected chi connectivity index (χ0v) is 10.1. The number of hydrogen-bond acceptors (Lipinski definition) is 3. The SMILES string of the molecule is OC1(Cc2c(C(F)(F)F)ccc3c2OCCO3)CC1. The van der Waals surface area contributed by atoms with E-state index in [-0.39, 0.29) is 24.3 Å². The Morgan fingerprint density at radius 3 is 2.47 bits per heavy atom. The normalized spacial score (nSPS) is 20.2. The molecule has 1 aromatic carbocycles. The summed E-state index contributed by atoms with van der Waals surface area (Å²) in [5, 5.41) is 9.91. The molecular weight excluding hydrogens is 261 g/mol. The molecule has 0 radical (unpaired) electrons. The molecule has 1 fully saturated rings. The Morgan fingerprint density at radius 1 is 1.16 bits per heavy atom. The van der Waals surface area contributed by atoms with Crippen LogP contribution >= 0.6 is 0 Å². The Balaban J connectivity index is 2.09. The maximum absolute atomic E-state index is 13.0. The summed E-state index contributed by atoms with van der Waals surface area (Å²) in [6.45, 7) is 0.543. The molecule has 0 amide bonds. The molecule has 0 saturated heterocycles. The standard InChI is InChI=1S/C13H13F3O3/c14-13(15,16)9-1-2-10-11(19-6-5-18-10)8(9)7-12(17)3-4-12/h1-2,17H,3-7H2. The van der Waals surface area contributed by atoms with Crippen LogP contribution in [-0.2, 0) is 12.6 Å². The van der Waals surface area contributed by atoms with Crippen molar-refractivity contribution in [1.82, 2.24) is 0 Å². The van der Waals surface area contributed by atoms with Gasteiger partial charge in [0.2, 0.25) is 0 Å². The number of alkyl halides is 3. The van der Waals surface area contributed by atoms with Crippen LogP contribution in [0.15, 0.2) is 12.1 Å². The molecule has 1 aliphatic heterocycles. The molecule has 6 heteroatoms. The Labute approximate surface area is 107 Å². The third kappa shape index (κ3) is 2.36. The zero-order chi connectivity index (χ0) is 13.7. The first-order chi connectivity index (χ1) is 8.89. The van der Waals surface area contributed by atoms with Gasteiger partial charge < -0.3 is 14.6 Å². The summed E-state index contributed by atoms with van der Waals surface area (Å²) in [5.41, 5.74) is -1.77. The van der Waals surface area contributed by atoms with Gasteiger partial charge in [0.15, 0.2) is 11.5 Å². The molecule has 3 nitrogen and oxygen atoms in total. The molecule has 0 spiro atoms.